The molecule has 0 saturated heterocycles. The molecule has 0 amide bonds. The Labute approximate surface area is 140 Å². The SMILES string of the molecule is C[C@]12C[C@@H](O)C3[C@@H](CC[C@H]4C[C@H](O)CC[C@]34C)[C@@H]1CC[C@@H]2C#N. The minimum absolute atomic E-state index is 0.0205. The first kappa shape index (κ1) is 15.9. The molecule has 1 unspecified atom stereocenters. The first-order valence-corrected chi connectivity index (χ1v) is 9.66. The molecule has 0 heterocycles. The Balaban J connectivity index is 1.68. The molecule has 4 fully saturated rings. The van der Waals surface area contributed by atoms with Gasteiger partial charge in [0.2, 0.25) is 0 Å². The molecule has 2 N–H and O–H groups in total. The lowest BCUT2D eigenvalue weighted by Crippen LogP contribution is -2.59. The average Bonchev–Trinajstić information content (AvgIpc) is 2.83. The summed E-state index contributed by atoms with van der Waals surface area (Å²) in [6.45, 7) is 4.67. The second kappa shape index (κ2) is 5.20. The molecule has 4 aliphatic rings. The summed E-state index contributed by atoms with van der Waals surface area (Å²) in [5.41, 5.74) is 0.209. The molecule has 0 radical (unpaired) electrons. The summed E-state index contributed by atoms with van der Waals surface area (Å²) in [5, 5.41) is 30.8. The van der Waals surface area contributed by atoms with Crippen molar-refractivity contribution in [3.8, 4) is 6.07 Å². The fourth-order valence-corrected chi connectivity index (χ4v) is 7.57. The van der Waals surface area contributed by atoms with E-state index in [1.54, 1.807) is 0 Å². The quantitative estimate of drug-likeness (QED) is 0.718. The molecular formula is C20H31NO2. The van der Waals surface area contributed by atoms with Gasteiger partial charge in [-0.3, -0.25) is 0 Å². The fourth-order valence-electron chi connectivity index (χ4n) is 7.57. The van der Waals surface area contributed by atoms with Gasteiger partial charge in [0.05, 0.1) is 24.2 Å². The van der Waals surface area contributed by atoms with Gasteiger partial charge in [-0.1, -0.05) is 13.8 Å². The van der Waals surface area contributed by atoms with Crippen LogP contribution in [0, 0.1) is 51.8 Å². The van der Waals surface area contributed by atoms with Crippen LogP contribution in [-0.4, -0.2) is 22.4 Å². The predicted octanol–water partition coefficient (Wildman–Crippen LogP) is 3.50. The van der Waals surface area contributed by atoms with E-state index in [0.29, 0.717) is 23.7 Å². The molecule has 0 aromatic heterocycles. The van der Waals surface area contributed by atoms with Crippen LogP contribution in [0.1, 0.15) is 65.2 Å². The molecule has 4 rings (SSSR count). The lowest BCUT2D eigenvalue weighted by atomic mass is 9.44. The second-order valence-corrected chi connectivity index (χ2v) is 9.54. The van der Waals surface area contributed by atoms with Gasteiger partial charge in [-0.25, -0.2) is 0 Å². The highest BCUT2D eigenvalue weighted by molar-refractivity contribution is 5.14. The van der Waals surface area contributed by atoms with Gasteiger partial charge in [-0.05, 0) is 85.9 Å². The average molecular weight is 317 g/mol. The molecule has 0 aromatic carbocycles. The molecule has 4 saturated carbocycles. The van der Waals surface area contributed by atoms with Crippen molar-refractivity contribution < 1.29 is 10.2 Å². The maximum atomic E-state index is 11.1. The lowest BCUT2D eigenvalue weighted by Gasteiger charge is -2.62. The van der Waals surface area contributed by atoms with Crippen molar-refractivity contribution >= 4 is 0 Å². The molecule has 3 heteroatoms. The molecule has 0 aliphatic heterocycles. The standard InChI is InChI=1S/C20H31NO2/c1-19-8-7-14(22)9-12(19)3-5-15-16-6-4-13(11-21)20(16,2)10-17(23)18(15)19/h12-18,22-23H,3-10H2,1-2H3/t12-,13+,14+,15-,16-,17+,18?,19-,20+/m0/s1. The Morgan fingerprint density at radius 1 is 1.00 bits per heavy atom. The van der Waals surface area contributed by atoms with Crippen LogP contribution in [0.3, 0.4) is 0 Å². The summed E-state index contributed by atoms with van der Waals surface area (Å²) in [6, 6.07) is 2.55. The van der Waals surface area contributed by atoms with Gasteiger partial charge in [0.15, 0.2) is 0 Å². The van der Waals surface area contributed by atoms with Gasteiger partial charge in [0.1, 0.15) is 0 Å². The Bertz CT molecular complexity index is 528. The van der Waals surface area contributed by atoms with Crippen LogP contribution in [0.5, 0.6) is 0 Å². The molecule has 128 valence electrons. The number of fused-ring (bicyclic) bond motifs is 5. The lowest BCUT2D eigenvalue weighted by molar-refractivity contribution is -0.175. The maximum absolute atomic E-state index is 11.1. The van der Waals surface area contributed by atoms with Crippen LogP contribution in [0.25, 0.3) is 0 Å². The minimum Gasteiger partial charge on any atom is -0.393 e. The van der Waals surface area contributed by atoms with Crippen molar-refractivity contribution in [3.63, 3.8) is 0 Å². The highest BCUT2D eigenvalue weighted by atomic mass is 16.3. The molecule has 0 spiro atoms. The second-order valence-electron chi connectivity index (χ2n) is 9.54. The molecule has 0 bridgehead atoms. The summed E-state index contributed by atoms with van der Waals surface area (Å²) < 4.78 is 0. The van der Waals surface area contributed by atoms with Gasteiger partial charge in [0.25, 0.3) is 0 Å². The maximum Gasteiger partial charge on any atom is 0.0661 e. The van der Waals surface area contributed by atoms with Crippen LogP contribution in [0.15, 0.2) is 0 Å². The van der Waals surface area contributed by atoms with E-state index >= 15 is 0 Å². The van der Waals surface area contributed by atoms with Gasteiger partial charge in [0, 0.05) is 0 Å². The summed E-state index contributed by atoms with van der Waals surface area (Å²) in [5.74, 6) is 2.27. The zero-order chi connectivity index (χ0) is 16.4. The largest absolute Gasteiger partial charge is 0.393 e. The van der Waals surface area contributed by atoms with E-state index in [1.165, 1.54) is 19.3 Å². The van der Waals surface area contributed by atoms with Crippen molar-refractivity contribution in [3.05, 3.63) is 0 Å². The van der Waals surface area contributed by atoms with E-state index in [9.17, 15) is 15.5 Å². The van der Waals surface area contributed by atoms with Gasteiger partial charge in [-0.15, -0.1) is 0 Å². The Morgan fingerprint density at radius 3 is 2.52 bits per heavy atom. The third kappa shape index (κ3) is 2.07. The van der Waals surface area contributed by atoms with Crippen molar-refractivity contribution in [2.45, 2.75) is 77.4 Å². The zero-order valence-electron chi connectivity index (χ0n) is 14.5. The molecule has 9 atom stereocenters. The number of aliphatic hydroxyl groups excluding tert-OH is 2. The molecule has 0 aromatic rings. The van der Waals surface area contributed by atoms with E-state index in [4.69, 9.17) is 0 Å². The summed E-state index contributed by atoms with van der Waals surface area (Å²) in [6.07, 6.45) is 7.87. The predicted molar refractivity (Wildman–Crippen MR) is 88.2 cm³/mol. The van der Waals surface area contributed by atoms with Crippen LogP contribution >= 0.6 is 0 Å². The number of nitrogens with zero attached hydrogens (tertiary/aromatic N) is 1. The summed E-state index contributed by atoms with van der Waals surface area (Å²) >= 11 is 0. The number of aliphatic hydroxyl groups is 2. The Hall–Kier alpha value is -0.590. The highest BCUT2D eigenvalue weighted by Gasteiger charge is 2.63. The van der Waals surface area contributed by atoms with Gasteiger partial charge < -0.3 is 10.2 Å². The minimum atomic E-state index is -0.266. The highest BCUT2D eigenvalue weighted by Crippen LogP contribution is 2.67. The van der Waals surface area contributed by atoms with Gasteiger partial charge >= 0.3 is 0 Å². The number of rotatable bonds is 0. The zero-order valence-corrected chi connectivity index (χ0v) is 14.5. The van der Waals surface area contributed by atoms with Crippen molar-refractivity contribution in [1.82, 2.24) is 0 Å². The Kier molecular flexibility index (Phi) is 3.60. The van der Waals surface area contributed by atoms with E-state index in [2.05, 4.69) is 19.9 Å². The number of nitriles is 1. The van der Waals surface area contributed by atoms with E-state index in [0.717, 1.165) is 32.1 Å². The topological polar surface area (TPSA) is 64.2 Å². The van der Waals surface area contributed by atoms with Crippen LogP contribution in [0.4, 0.5) is 0 Å². The normalized spacial score (nSPS) is 58.7. The number of hydrogen-bond acceptors (Lipinski definition) is 3. The third-order valence-corrected chi connectivity index (χ3v) is 8.72. The molecular weight excluding hydrogens is 286 g/mol. The van der Waals surface area contributed by atoms with E-state index < -0.39 is 0 Å². The van der Waals surface area contributed by atoms with E-state index in [1.807, 2.05) is 0 Å². The van der Waals surface area contributed by atoms with Crippen LogP contribution in [-0.2, 0) is 0 Å². The van der Waals surface area contributed by atoms with Crippen LogP contribution < -0.4 is 0 Å². The van der Waals surface area contributed by atoms with Gasteiger partial charge in [-0.2, -0.15) is 5.26 Å². The molecule has 3 nitrogen and oxygen atoms in total. The summed E-state index contributed by atoms with van der Waals surface area (Å²) in [4.78, 5) is 0. The first-order valence-electron chi connectivity index (χ1n) is 9.66. The molecule has 23 heavy (non-hydrogen) atoms. The third-order valence-electron chi connectivity index (χ3n) is 8.72. The molecule has 4 aliphatic carbocycles. The smallest absolute Gasteiger partial charge is 0.0661 e. The Morgan fingerprint density at radius 2 is 1.78 bits per heavy atom. The monoisotopic (exact) mass is 317 g/mol. The van der Waals surface area contributed by atoms with Crippen molar-refractivity contribution in [1.29, 1.82) is 5.26 Å². The fraction of sp³-hybridized carbons (Fsp3) is 0.950. The first-order chi connectivity index (χ1) is 10.9. The van der Waals surface area contributed by atoms with Crippen LogP contribution in [0.2, 0.25) is 0 Å². The van der Waals surface area contributed by atoms with E-state index in [-0.39, 0.29) is 29.0 Å². The van der Waals surface area contributed by atoms with Crippen molar-refractivity contribution in [2.75, 3.05) is 0 Å². The summed E-state index contributed by atoms with van der Waals surface area (Å²) in [7, 11) is 0. The van der Waals surface area contributed by atoms with Crippen molar-refractivity contribution in [2.24, 2.45) is 40.4 Å². The number of hydrogen-bond donors (Lipinski definition) is 2.